The molecule has 0 radical (unpaired) electrons. The Bertz CT molecular complexity index is 1080. The van der Waals surface area contributed by atoms with E-state index in [1.165, 1.54) is 12.1 Å². The van der Waals surface area contributed by atoms with E-state index < -0.39 is 17.3 Å². The molecule has 2 fully saturated rings. The molecule has 1 amide bonds. The van der Waals surface area contributed by atoms with Gasteiger partial charge >= 0.3 is 12.1 Å². The minimum Gasteiger partial charge on any atom is -0.450 e. The maximum Gasteiger partial charge on any atom is 0.416 e. The number of nitrogens with zero attached hydrogens (tertiary/aromatic N) is 1. The number of halogens is 3. The second-order valence-corrected chi connectivity index (χ2v) is 9.76. The van der Waals surface area contributed by atoms with E-state index in [4.69, 9.17) is 4.74 Å². The SMILES string of the molecule is O=C1O[C@]2(CC[C@@H](C(=O)N[C@H]3CC[C@H](c4cccc(C(F)(F)F)c4)CC3)CC2)c2cnccc21. The first kappa shape index (κ1) is 22.9. The fraction of sp³-hybridized carbons (Fsp3) is 0.500. The highest BCUT2D eigenvalue weighted by Gasteiger charge is 2.48. The number of esters is 1. The number of carbonyl (C=O) groups excluding carboxylic acids is 2. The third kappa shape index (κ3) is 4.30. The van der Waals surface area contributed by atoms with Crippen molar-refractivity contribution in [1.29, 1.82) is 0 Å². The van der Waals surface area contributed by atoms with Crippen LogP contribution >= 0.6 is 0 Å². The van der Waals surface area contributed by atoms with Crippen LogP contribution in [0.15, 0.2) is 42.7 Å². The summed E-state index contributed by atoms with van der Waals surface area (Å²) in [4.78, 5) is 29.3. The molecule has 34 heavy (non-hydrogen) atoms. The highest BCUT2D eigenvalue weighted by Crippen LogP contribution is 2.48. The Hall–Kier alpha value is -2.90. The Kier molecular flexibility index (Phi) is 5.86. The molecule has 0 unspecified atom stereocenters. The van der Waals surface area contributed by atoms with Gasteiger partial charge < -0.3 is 10.1 Å². The van der Waals surface area contributed by atoms with Crippen molar-refractivity contribution in [3.8, 4) is 0 Å². The van der Waals surface area contributed by atoms with Gasteiger partial charge in [-0.25, -0.2) is 4.79 Å². The van der Waals surface area contributed by atoms with E-state index in [1.807, 2.05) is 0 Å². The summed E-state index contributed by atoms with van der Waals surface area (Å²) in [5, 5.41) is 3.16. The summed E-state index contributed by atoms with van der Waals surface area (Å²) in [5.41, 5.74) is 0.836. The number of nitrogens with one attached hydrogen (secondary N) is 1. The number of pyridine rings is 1. The molecule has 2 saturated carbocycles. The van der Waals surface area contributed by atoms with E-state index in [9.17, 15) is 22.8 Å². The standard InChI is InChI=1S/C26H27F3N2O3/c27-26(28,29)19-3-1-2-18(14-19)16-4-6-20(7-5-16)31-23(32)17-8-11-25(12-9-17)22-15-30-13-10-21(22)24(33)34-25/h1-3,10,13-17,20H,4-9,11-12H2,(H,31,32)/t16-,17-,20-,25+. The quantitative estimate of drug-likeness (QED) is 0.599. The zero-order chi connectivity index (χ0) is 23.9. The summed E-state index contributed by atoms with van der Waals surface area (Å²) in [5.74, 6) is -0.354. The molecule has 1 aromatic heterocycles. The highest BCUT2D eigenvalue weighted by molar-refractivity contribution is 5.94. The average molecular weight is 473 g/mol. The molecule has 1 spiro atoms. The summed E-state index contributed by atoms with van der Waals surface area (Å²) >= 11 is 0. The first-order chi connectivity index (χ1) is 16.2. The number of fused-ring (bicyclic) bond motifs is 2. The highest BCUT2D eigenvalue weighted by atomic mass is 19.4. The van der Waals surface area contributed by atoms with Crippen LogP contribution in [-0.2, 0) is 21.3 Å². The number of hydrogen-bond acceptors (Lipinski definition) is 4. The molecular weight excluding hydrogens is 445 g/mol. The van der Waals surface area contributed by atoms with Crippen LogP contribution in [-0.4, -0.2) is 22.9 Å². The normalized spacial score (nSPS) is 28.9. The molecule has 2 aromatic rings. The second-order valence-electron chi connectivity index (χ2n) is 9.76. The van der Waals surface area contributed by atoms with Gasteiger partial charge in [0, 0.05) is 29.9 Å². The van der Waals surface area contributed by atoms with Crippen LogP contribution in [0, 0.1) is 5.92 Å². The summed E-state index contributed by atoms with van der Waals surface area (Å²) in [7, 11) is 0. The third-order valence-corrected chi connectivity index (χ3v) is 7.74. The van der Waals surface area contributed by atoms with Gasteiger partial charge in [-0.1, -0.05) is 18.2 Å². The number of amides is 1. The lowest BCUT2D eigenvalue weighted by atomic mass is 9.75. The molecule has 1 N–H and O–H groups in total. The van der Waals surface area contributed by atoms with Crippen LogP contribution in [0.5, 0.6) is 0 Å². The van der Waals surface area contributed by atoms with Crippen molar-refractivity contribution >= 4 is 11.9 Å². The maximum atomic E-state index is 13.0. The van der Waals surface area contributed by atoms with Gasteiger partial charge in [0.25, 0.3) is 0 Å². The van der Waals surface area contributed by atoms with Crippen molar-refractivity contribution in [1.82, 2.24) is 10.3 Å². The van der Waals surface area contributed by atoms with Gasteiger partial charge in [-0.05, 0) is 75.0 Å². The van der Waals surface area contributed by atoms with E-state index in [0.717, 1.165) is 42.9 Å². The van der Waals surface area contributed by atoms with Gasteiger partial charge in [-0.15, -0.1) is 0 Å². The predicted octanol–water partition coefficient (Wildman–Crippen LogP) is 5.50. The molecule has 1 aromatic carbocycles. The molecule has 180 valence electrons. The lowest BCUT2D eigenvalue weighted by Gasteiger charge is -2.37. The zero-order valence-corrected chi connectivity index (χ0v) is 18.7. The Morgan fingerprint density at radius 1 is 1.06 bits per heavy atom. The van der Waals surface area contributed by atoms with Crippen LogP contribution in [0.4, 0.5) is 13.2 Å². The predicted molar refractivity (Wildman–Crippen MR) is 118 cm³/mol. The largest absolute Gasteiger partial charge is 0.450 e. The molecule has 2 aliphatic carbocycles. The van der Waals surface area contributed by atoms with Gasteiger partial charge in [0.05, 0.1) is 11.1 Å². The summed E-state index contributed by atoms with van der Waals surface area (Å²) < 4.78 is 44.8. The van der Waals surface area contributed by atoms with E-state index in [1.54, 1.807) is 24.5 Å². The van der Waals surface area contributed by atoms with Crippen molar-refractivity contribution in [3.05, 3.63) is 65.0 Å². The van der Waals surface area contributed by atoms with Crippen molar-refractivity contribution in [2.24, 2.45) is 5.92 Å². The Labute approximate surface area is 196 Å². The lowest BCUT2D eigenvalue weighted by molar-refractivity contribution is -0.137. The molecular formula is C26H27F3N2O3. The minimum atomic E-state index is -4.34. The molecule has 5 rings (SSSR count). The van der Waals surface area contributed by atoms with Crippen molar-refractivity contribution in [2.45, 2.75) is 75.1 Å². The number of ether oxygens (including phenoxy) is 1. The molecule has 8 heteroatoms. The first-order valence-corrected chi connectivity index (χ1v) is 11.9. The van der Waals surface area contributed by atoms with Gasteiger partial charge in [-0.3, -0.25) is 9.78 Å². The Morgan fingerprint density at radius 3 is 2.50 bits per heavy atom. The summed E-state index contributed by atoms with van der Waals surface area (Å²) in [6.07, 6.45) is 4.40. The number of alkyl halides is 3. The Balaban J connectivity index is 1.14. The molecule has 2 heterocycles. The number of carbonyl (C=O) groups is 2. The van der Waals surface area contributed by atoms with Crippen molar-refractivity contribution in [3.63, 3.8) is 0 Å². The molecule has 0 atom stereocenters. The summed E-state index contributed by atoms with van der Waals surface area (Å²) in [6, 6.07) is 7.31. The van der Waals surface area contributed by atoms with Crippen molar-refractivity contribution in [2.75, 3.05) is 0 Å². The monoisotopic (exact) mass is 472 g/mol. The second kappa shape index (κ2) is 8.71. The molecule has 5 nitrogen and oxygen atoms in total. The number of rotatable bonds is 3. The topological polar surface area (TPSA) is 68.3 Å². The number of benzene rings is 1. The van der Waals surface area contributed by atoms with E-state index in [2.05, 4.69) is 10.3 Å². The third-order valence-electron chi connectivity index (χ3n) is 7.74. The lowest BCUT2D eigenvalue weighted by Crippen LogP contribution is -2.43. The first-order valence-electron chi connectivity index (χ1n) is 11.9. The number of hydrogen-bond donors (Lipinski definition) is 1. The van der Waals surface area contributed by atoms with E-state index >= 15 is 0 Å². The zero-order valence-electron chi connectivity index (χ0n) is 18.7. The van der Waals surface area contributed by atoms with Gasteiger partial charge in [0.1, 0.15) is 5.60 Å². The minimum absolute atomic E-state index is 0.0214. The number of aromatic nitrogens is 1. The fourth-order valence-corrected chi connectivity index (χ4v) is 5.80. The van der Waals surface area contributed by atoms with Gasteiger partial charge in [-0.2, -0.15) is 13.2 Å². The van der Waals surface area contributed by atoms with E-state index in [-0.39, 0.29) is 29.8 Å². The Morgan fingerprint density at radius 2 is 1.79 bits per heavy atom. The van der Waals surface area contributed by atoms with Crippen LogP contribution < -0.4 is 5.32 Å². The van der Waals surface area contributed by atoms with Gasteiger partial charge in [0.2, 0.25) is 5.91 Å². The van der Waals surface area contributed by atoms with Crippen LogP contribution in [0.25, 0.3) is 0 Å². The molecule has 0 saturated heterocycles. The average Bonchev–Trinajstić information content (AvgIpc) is 3.11. The molecule has 1 aliphatic heterocycles. The van der Waals surface area contributed by atoms with E-state index in [0.29, 0.717) is 31.2 Å². The fourth-order valence-electron chi connectivity index (χ4n) is 5.80. The molecule has 3 aliphatic rings. The van der Waals surface area contributed by atoms with Gasteiger partial charge in [0.15, 0.2) is 0 Å². The van der Waals surface area contributed by atoms with Crippen LogP contribution in [0.2, 0.25) is 0 Å². The molecule has 0 bridgehead atoms. The van der Waals surface area contributed by atoms with Crippen molar-refractivity contribution < 1.29 is 27.5 Å². The van der Waals surface area contributed by atoms with Crippen LogP contribution in [0.1, 0.15) is 84.3 Å². The smallest absolute Gasteiger partial charge is 0.416 e. The summed E-state index contributed by atoms with van der Waals surface area (Å²) in [6.45, 7) is 0. The maximum absolute atomic E-state index is 13.0. The van der Waals surface area contributed by atoms with Crippen LogP contribution in [0.3, 0.4) is 0 Å².